The van der Waals surface area contributed by atoms with Crippen LogP contribution in [0.15, 0.2) is 54.6 Å². The predicted molar refractivity (Wildman–Crippen MR) is 157 cm³/mol. The molecule has 1 aromatic heterocycles. The van der Waals surface area contributed by atoms with Crippen LogP contribution in [0.25, 0.3) is 5.69 Å². The zero-order valence-electron chi connectivity index (χ0n) is 22.1. The molecule has 2 amide bonds. The van der Waals surface area contributed by atoms with E-state index in [4.69, 9.17) is 5.10 Å². The fraction of sp³-hybridized carbons (Fsp3) is 0.448. The molecule has 3 N–H and O–H groups in total. The van der Waals surface area contributed by atoms with Gasteiger partial charge in [0, 0.05) is 29.3 Å². The molecule has 2 aliphatic heterocycles. The summed E-state index contributed by atoms with van der Waals surface area (Å²) in [6, 6.07) is 19.4. The fourth-order valence-electron chi connectivity index (χ4n) is 5.46. The summed E-state index contributed by atoms with van der Waals surface area (Å²) < 4.78 is 1.82. The summed E-state index contributed by atoms with van der Waals surface area (Å²) in [6.45, 7) is 8.44. The molecule has 0 spiro atoms. The molecule has 8 heteroatoms. The van der Waals surface area contributed by atoms with Gasteiger partial charge in [0.25, 0.3) is 0 Å². The van der Waals surface area contributed by atoms with Crippen LogP contribution in [0.3, 0.4) is 0 Å². The van der Waals surface area contributed by atoms with Crippen molar-refractivity contribution in [3.05, 3.63) is 71.4 Å². The number of nitrogens with zero attached hydrogens (tertiary/aromatic N) is 2. The molecule has 0 aliphatic carbocycles. The van der Waals surface area contributed by atoms with E-state index in [0.29, 0.717) is 23.8 Å². The van der Waals surface area contributed by atoms with Gasteiger partial charge in [-0.3, -0.25) is 5.32 Å². The van der Waals surface area contributed by atoms with Crippen LogP contribution in [0.1, 0.15) is 63.3 Å². The first kappa shape index (κ1) is 29.0. The summed E-state index contributed by atoms with van der Waals surface area (Å²) in [5.74, 6) is 1.32. The van der Waals surface area contributed by atoms with Crippen LogP contribution in [0.2, 0.25) is 0 Å². The molecular weight excluding hydrogens is 505 g/mol. The van der Waals surface area contributed by atoms with Crippen LogP contribution in [0.5, 0.6) is 0 Å². The van der Waals surface area contributed by atoms with Gasteiger partial charge in [-0.05, 0) is 68.7 Å². The van der Waals surface area contributed by atoms with E-state index in [9.17, 15) is 4.79 Å². The van der Waals surface area contributed by atoms with Crippen molar-refractivity contribution in [3.63, 3.8) is 0 Å². The van der Waals surface area contributed by atoms with E-state index in [1.807, 2.05) is 35.0 Å². The van der Waals surface area contributed by atoms with Gasteiger partial charge in [-0.15, -0.1) is 24.8 Å². The van der Waals surface area contributed by atoms with Crippen molar-refractivity contribution in [1.82, 2.24) is 15.1 Å². The summed E-state index contributed by atoms with van der Waals surface area (Å²) in [4.78, 5) is 13.2. The van der Waals surface area contributed by atoms with Gasteiger partial charge in [-0.2, -0.15) is 5.10 Å². The number of urea groups is 1. The number of nitrogens with one attached hydrogen (secondary N) is 3. The third-order valence-corrected chi connectivity index (χ3v) is 7.34. The highest BCUT2D eigenvalue weighted by Crippen LogP contribution is 2.34. The number of rotatable bonds is 5. The minimum atomic E-state index is -0.253. The number of hydrogen-bond acceptors (Lipinski definition) is 3. The highest BCUT2D eigenvalue weighted by Gasteiger charge is 2.33. The highest BCUT2D eigenvalue weighted by atomic mass is 35.5. The topological polar surface area (TPSA) is 71.0 Å². The van der Waals surface area contributed by atoms with E-state index >= 15 is 0 Å². The number of carbonyl (C=O) groups excluding carboxylic acids is 1. The van der Waals surface area contributed by atoms with E-state index in [0.717, 1.165) is 23.5 Å². The number of carbonyl (C=O) groups is 1. The van der Waals surface area contributed by atoms with E-state index < -0.39 is 0 Å². The van der Waals surface area contributed by atoms with Crippen LogP contribution in [0.4, 0.5) is 16.3 Å². The molecule has 6 nitrogen and oxygen atoms in total. The zero-order valence-corrected chi connectivity index (χ0v) is 23.7. The first-order valence-corrected chi connectivity index (χ1v) is 12.8. The number of anilines is 2. The van der Waals surface area contributed by atoms with E-state index in [2.05, 4.69) is 67.9 Å². The normalized spacial score (nSPS) is 20.5. The maximum atomic E-state index is 13.2. The van der Waals surface area contributed by atoms with E-state index in [1.54, 1.807) is 0 Å². The van der Waals surface area contributed by atoms with Crippen molar-refractivity contribution in [3.8, 4) is 5.69 Å². The molecule has 37 heavy (non-hydrogen) atoms. The second-order valence-electron chi connectivity index (χ2n) is 11.3. The summed E-state index contributed by atoms with van der Waals surface area (Å²) in [6.07, 6.45) is 6.05. The number of hydrogen-bond donors (Lipinski definition) is 3. The predicted octanol–water partition coefficient (Wildman–Crippen LogP) is 7.04. The van der Waals surface area contributed by atoms with Crippen LogP contribution in [-0.4, -0.2) is 27.9 Å². The van der Waals surface area contributed by atoms with Gasteiger partial charge in [-0.1, -0.05) is 56.7 Å². The molecule has 3 heterocycles. The third kappa shape index (κ3) is 6.86. The largest absolute Gasteiger partial charge is 0.324 e. The maximum Gasteiger partial charge on any atom is 0.324 e. The number of fused-ring (bicyclic) bond motifs is 2. The quantitative estimate of drug-likeness (QED) is 0.323. The molecule has 0 radical (unpaired) electrons. The molecule has 5 rings (SSSR count). The zero-order chi connectivity index (χ0) is 24.6. The van der Waals surface area contributed by atoms with Gasteiger partial charge < -0.3 is 10.6 Å². The molecule has 2 saturated heterocycles. The maximum absolute atomic E-state index is 13.2. The molecule has 2 unspecified atom stereocenters. The van der Waals surface area contributed by atoms with Gasteiger partial charge in [0.15, 0.2) is 0 Å². The van der Waals surface area contributed by atoms with Crippen molar-refractivity contribution in [2.24, 2.45) is 5.92 Å². The number of aromatic nitrogens is 2. The number of aryl methyl sites for hydroxylation is 1. The standard InChI is InChI=1S/C29H37N5O.2ClH/c1-19-9-13-24(14-10-19)34-27(18-26(33-34)29(2,3)4)32-28(35)31-25-8-6-5-7-21(25)15-20-16-22-11-12-23(17-20)30-22;;/h5-10,13-14,18,20,22-23,30H,11-12,15-17H2,1-4H3,(H2,31,32,35);2*1H. The Hall–Kier alpha value is -2.54. The monoisotopic (exact) mass is 543 g/mol. The molecular formula is C29H39Cl2N5O. The third-order valence-electron chi connectivity index (χ3n) is 7.34. The summed E-state index contributed by atoms with van der Waals surface area (Å²) in [5, 5.41) is 14.7. The molecule has 2 fully saturated rings. The molecule has 2 bridgehead atoms. The first-order chi connectivity index (χ1) is 16.7. The Labute approximate surface area is 232 Å². The van der Waals surface area contributed by atoms with Crippen molar-refractivity contribution < 1.29 is 4.79 Å². The van der Waals surface area contributed by atoms with Crippen LogP contribution in [0, 0.1) is 12.8 Å². The van der Waals surface area contributed by atoms with Crippen molar-refractivity contribution in [2.45, 2.75) is 77.3 Å². The Kier molecular flexibility index (Phi) is 9.32. The smallest absolute Gasteiger partial charge is 0.311 e. The molecule has 3 aromatic rings. The first-order valence-electron chi connectivity index (χ1n) is 12.8. The van der Waals surface area contributed by atoms with Gasteiger partial charge in [0.1, 0.15) is 5.82 Å². The average Bonchev–Trinajstić information content (AvgIpc) is 3.38. The second-order valence-corrected chi connectivity index (χ2v) is 11.3. The van der Waals surface area contributed by atoms with Gasteiger partial charge in [-0.25, -0.2) is 9.48 Å². The van der Waals surface area contributed by atoms with Gasteiger partial charge in [0.2, 0.25) is 0 Å². The van der Waals surface area contributed by atoms with Crippen LogP contribution < -0.4 is 16.0 Å². The number of benzene rings is 2. The summed E-state index contributed by atoms with van der Waals surface area (Å²) in [7, 11) is 0. The molecule has 2 atom stereocenters. The van der Waals surface area contributed by atoms with Crippen molar-refractivity contribution >= 4 is 42.4 Å². The van der Waals surface area contributed by atoms with E-state index in [-0.39, 0.29) is 36.3 Å². The Bertz CT molecular complexity index is 1190. The Morgan fingerprint density at radius 1 is 1.00 bits per heavy atom. The van der Waals surface area contributed by atoms with Crippen molar-refractivity contribution in [2.75, 3.05) is 10.6 Å². The van der Waals surface area contributed by atoms with Crippen molar-refractivity contribution in [1.29, 1.82) is 0 Å². The number of para-hydroxylation sites is 1. The lowest BCUT2D eigenvalue weighted by Gasteiger charge is -2.29. The van der Waals surface area contributed by atoms with Crippen LogP contribution >= 0.6 is 24.8 Å². The molecule has 2 aromatic carbocycles. The lowest BCUT2D eigenvalue weighted by molar-refractivity contribution is 0.262. The highest BCUT2D eigenvalue weighted by molar-refractivity contribution is 6.00. The van der Waals surface area contributed by atoms with E-state index in [1.165, 1.54) is 36.8 Å². The van der Waals surface area contributed by atoms with Crippen LogP contribution in [-0.2, 0) is 11.8 Å². The molecule has 2 aliphatic rings. The van der Waals surface area contributed by atoms with Gasteiger partial charge >= 0.3 is 6.03 Å². The fourth-order valence-corrected chi connectivity index (χ4v) is 5.46. The summed E-state index contributed by atoms with van der Waals surface area (Å²) >= 11 is 0. The Morgan fingerprint density at radius 2 is 1.65 bits per heavy atom. The SMILES string of the molecule is Cc1ccc(-n2nc(C(C)(C)C)cc2NC(=O)Nc2ccccc2CC2CC3CCC(C2)N3)cc1.Cl.Cl. The minimum absolute atomic E-state index is 0. The molecule has 0 saturated carbocycles. The Morgan fingerprint density at radius 3 is 2.30 bits per heavy atom. The molecule has 200 valence electrons. The lowest BCUT2D eigenvalue weighted by atomic mass is 9.86. The minimum Gasteiger partial charge on any atom is -0.311 e. The average molecular weight is 545 g/mol. The number of amides is 2. The number of piperidine rings is 1. The Balaban J connectivity index is 0.00000190. The van der Waals surface area contributed by atoms with Gasteiger partial charge in [0.05, 0.1) is 11.4 Å². The second kappa shape index (κ2) is 11.9. The summed E-state index contributed by atoms with van der Waals surface area (Å²) in [5.41, 5.74) is 4.98. The lowest BCUT2D eigenvalue weighted by Crippen LogP contribution is -2.38. The number of halogens is 2.